The van der Waals surface area contributed by atoms with Crippen LogP contribution in [0.25, 0.3) is 0 Å². The van der Waals surface area contributed by atoms with E-state index in [0.717, 1.165) is 12.0 Å². The lowest BCUT2D eigenvalue weighted by atomic mass is 10.1. The molecule has 23 heavy (non-hydrogen) atoms. The van der Waals surface area contributed by atoms with Crippen molar-refractivity contribution in [2.45, 2.75) is 13.3 Å². The second-order valence-electron chi connectivity index (χ2n) is 4.74. The summed E-state index contributed by atoms with van der Waals surface area (Å²) in [5.41, 5.74) is 7.52. The summed E-state index contributed by atoms with van der Waals surface area (Å²) in [6.45, 7) is 3.06. The van der Waals surface area contributed by atoms with Crippen LogP contribution in [0.1, 0.15) is 12.5 Å². The molecule has 0 amide bonds. The summed E-state index contributed by atoms with van der Waals surface area (Å²) < 4.78 is 15.9. The van der Waals surface area contributed by atoms with Crippen LogP contribution in [0.15, 0.2) is 24.5 Å². The number of hydrogen-bond acceptors (Lipinski definition) is 7. The maximum Gasteiger partial charge on any atom is 0.242 e. The summed E-state index contributed by atoms with van der Waals surface area (Å²) in [6.07, 6.45) is 2.22. The molecule has 0 radical (unpaired) electrons. The number of nitrogens with one attached hydrogen (secondary N) is 1. The summed E-state index contributed by atoms with van der Waals surface area (Å²) in [5.74, 6) is 2.40. The molecule has 0 atom stereocenters. The monoisotopic (exact) mass is 318 g/mol. The first kappa shape index (κ1) is 16.7. The minimum Gasteiger partial charge on any atom is -0.493 e. The number of rotatable bonds is 8. The second-order valence-corrected chi connectivity index (χ2v) is 4.74. The molecular weight excluding hydrogens is 296 g/mol. The molecule has 0 aliphatic heterocycles. The van der Waals surface area contributed by atoms with Crippen LogP contribution in [-0.4, -0.2) is 37.3 Å². The summed E-state index contributed by atoms with van der Waals surface area (Å²) >= 11 is 0. The molecule has 0 aliphatic carbocycles. The fourth-order valence-electron chi connectivity index (χ4n) is 2.13. The van der Waals surface area contributed by atoms with E-state index in [4.69, 9.17) is 19.9 Å². The average molecular weight is 318 g/mol. The van der Waals surface area contributed by atoms with Crippen LogP contribution >= 0.6 is 0 Å². The lowest BCUT2D eigenvalue weighted by molar-refractivity contribution is 0.328. The number of benzene rings is 1. The maximum atomic E-state index is 5.98. The van der Waals surface area contributed by atoms with Gasteiger partial charge in [-0.2, -0.15) is 4.98 Å². The lowest BCUT2D eigenvalue weighted by Gasteiger charge is -2.12. The van der Waals surface area contributed by atoms with Gasteiger partial charge in [0.05, 0.1) is 20.8 Å². The number of anilines is 2. The van der Waals surface area contributed by atoms with Crippen LogP contribution < -0.4 is 25.3 Å². The van der Waals surface area contributed by atoms with Gasteiger partial charge in [-0.1, -0.05) is 6.07 Å². The third-order valence-electron chi connectivity index (χ3n) is 3.28. The molecule has 0 spiro atoms. The van der Waals surface area contributed by atoms with Crippen molar-refractivity contribution in [1.82, 2.24) is 9.97 Å². The molecule has 7 heteroatoms. The standard InChI is InChI=1S/C16H22N4O3/c1-4-23-16-14(17)15(19-10-20-16)18-8-7-11-5-6-12(21-2)13(9-11)22-3/h5-6,9-10H,4,7-8,17H2,1-3H3,(H,18,19,20). The van der Waals surface area contributed by atoms with Crippen molar-refractivity contribution in [3.63, 3.8) is 0 Å². The minimum atomic E-state index is 0.399. The van der Waals surface area contributed by atoms with Crippen LogP contribution in [-0.2, 0) is 6.42 Å². The molecule has 2 rings (SSSR count). The molecule has 2 aromatic rings. The van der Waals surface area contributed by atoms with Gasteiger partial charge in [-0.15, -0.1) is 0 Å². The molecule has 0 bridgehead atoms. The van der Waals surface area contributed by atoms with Crippen LogP contribution in [0.3, 0.4) is 0 Å². The minimum absolute atomic E-state index is 0.399. The SMILES string of the molecule is CCOc1ncnc(NCCc2ccc(OC)c(OC)c2)c1N. The van der Waals surface area contributed by atoms with E-state index in [2.05, 4.69) is 15.3 Å². The zero-order chi connectivity index (χ0) is 16.7. The van der Waals surface area contributed by atoms with Gasteiger partial charge in [-0.05, 0) is 31.0 Å². The first-order valence-electron chi connectivity index (χ1n) is 7.37. The summed E-state index contributed by atoms with van der Waals surface area (Å²) in [6, 6.07) is 5.84. The van der Waals surface area contributed by atoms with Gasteiger partial charge in [0.15, 0.2) is 17.3 Å². The van der Waals surface area contributed by atoms with E-state index in [-0.39, 0.29) is 0 Å². The first-order chi connectivity index (χ1) is 11.2. The smallest absolute Gasteiger partial charge is 0.242 e. The van der Waals surface area contributed by atoms with E-state index < -0.39 is 0 Å². The van der Waals surface area contributed by atoms with Crippen LogP contribution in [0, 0.1) is 0 Å². The first-order valence-corrected chi connectivity index (χ1v) is 7.37. The Bertz CT molecular complexity index is 649. The lowest BCUT2D eigenvalue weighted by Crippen LogP contribution is -2.10. The molecule has 1 aromatic heterocycles. The Hall–Kier alpha value is -2.70. The van der Waals surface area contributed by atoms with Crippen molar-refractivity contribution < 1.29 is 14.2 Å². The number of nitrogen functional groups attached to an aromatic ring is 1. The molecule has 0 unspecified atom stereocenters. The van der Waals surface area contributed by atoms with Gasteiger partial charge in [0.1, 0.15) is 12.0 Å². The quantitative estimate of drug-likeness (QED) is 0.770. The fraction of sp³-hybridized carbons (Fsp3) is 0.375. The summed E-state index contributed by atoms with van der Waals surface area (Å²) in [5, 5.41) is 3.20. The second kappa shape index (κ2) is 8.07. The van der Waals surface area contributed by atoms with E-state index in [0.29, 0.717) is 42.0 Å². The Kier molecular flexibility index (Phi) is 5.85. The highest BCUT2D eigenvalue weighted by Crippen LogP contribution is 2.28. The zero-order valence-corrected chi connectivity index (χ0v) is 13.6. The molecule has 0 saturated heterocycles. The predicted molar refractivity (Wildman–Crippen MR) is 89.4 cm³/mol. The van der Waals surface area contributed by atoms with E-state index in [1.807, 2.05) is 25.1 Å². The van der Waals surface area contributed by atoms with Crippen LogP contribution in [0.4, 0.5) is 11.5 Å². The molecule has 7 nitrogen and oxygen atoms in total. The number of nitrogens with two attached hydrogens (primary N) is 1. The number of aromatic nitrogens is 2. The summed E-state index contributed by atoms with van der Waals surface area (Å²) in [4.78, 5) is 8.15. The Morgan fingerprint density at radius 2 is 1.91 bits per heavy atom. The molecule has 0 saturated carbocycles. The van der Waals surface area contributed by atoms with Crippen molar-refractivity contribution in [1.29, 1.82) is 0 Å². The van der Waals surface area contributed by atoms with Gasteiger partial charge < -0.3 is 25.3 Å². The molecular formula is C16H22N4O3. The Labute approximate surface area is 135 Å². The topological polar surface area (TPSA) is 91.5 Å². The Morgan fingerprint density at radius 1 is 1.13 bits per heavy atom. The van der Waals surface area contributed by atoms with Crippen molar-refractivity contribution >= 4 is 11.5 Å². The third-order valence-corrected chi connectivity index (χ3v) is 3.28. The highest BCUT2D eigenvalue weighted by molar-refractivity contribution is 5.66. The van der Waals surface area contributed by atoms with Crippen LogP contribution in [0.5, 0.6) is 17.4 Å². The molecule has 0 aliphatic rings. The number of methoxy groups -OCH3 is 2. The normalized spacial score (nSPS) is 10.2. The van der Waals surface area contributed by atoms with Gasteiger partial charge in [-0.25, -0.2) is 4.98 Å². The zero-order valence-electron chi connectivity index (χ0n) is 13.6. The van der Waals surface area contributed by atoms with Gasteiger partial charge in [0, 0.05) is 6.54 Å². The molecule has 3 N–H and O–H groups in total. The fourth-order valence-corrected chi connectivity index (χ4v) is 2.13. The van der Waals surface area contributed by atoms with Crippen molar-refractivity contribution in [3.8, 4) is 17.4 Å². The van der Waals surface area contributed by atoms with Gasteiger partial charge in [0.25, 0.3) is 0 Å². The molecule has 0 fully saturated rings. The Morgan fingerprint density at radius 3 is 2.61 bits per heavy atom. The average Bonchev–Trinajstić information content (AvgIpc) is 2.58. The van der Waals surface area contributed by atoms with Crippen molar-refractivity contribution in [2.24, 2.45) is 0 Å². The summed E-state index contributed by atoms with van der Waals surface area (Å²) in [7, 11) is 3.24. The van der Waals surface area contributed by atoms with E-state index in [9.17, 15) is 0 Å². The Balaban J connectivity index is 1.99. The van der Waals surface area contributed by atoms with Gasteiger partial charge >= 0.3 is 0 Å². The molecule has 1 aromatic carbocycles. The highest BCUT2D eigenvalue weighted by Gasteiger charge is 2.09. The molecule has 124 valence electrons. The van der Waals surface area contributed by atoms with E-state index in [1.165, 1.54) is 6.33 Å². The van der Waals surface area contributed by atoms with Gasteiger partial charge in [0.2, 0.25) is 5.88 Å². The largest absolute Gasteiger partial charge is 0.493 e. The van der Waals surface area contributed by atoms with E-state index in [1.54, 1.807) is 14.2 Å². The number of hydrogen-bond donors (Lipinski definition) is 2. The van der Waals surface area contributed by atoms with Crippen molar-refractivity contribution in [2.75, 3.05) is 38.4 Å². The third kappa shape index (κ3) is 4.15. The predicted octanol–water partition coefficient (Wildman–Crippen LogP) is 2.13. The number of nitrogens with zero attached hydrogens (tertiary/aromatic N) is 2. The highest BCUT2D eigenvalue weighted by atomic mass is 16.5. The van der Waals surface area contributed by atoms with Crippen molar-refractivity contribution in [3.05, 3.63) is 30.1 Å². The number of ether oxygens (including phenoxy) is 3. The molecule has 1 heterocycles. The van der Waals surface area contributed by atoms with Crippen LogP contribution in [0.2, 0.25) is 0 Å². The van der Waals surface area contributed by atoms with E-state index >= 15 is 0 Å². The van der Waals surface area contributed by atoms with Gasteiger partial charge in [-0.3, -0.25) is 0 Å². The maximum absolute atomic E-state index is 5.98.